The zero-order valence-electron chi connectivity index (χ0n) is 15.0. The fraction of sp³-hybridized carbons (Fsp3) is 0.700. The summed E-state index contributed by atoms with van der Waals surface area (Å²) >= 11 is 0. The third-order valence-corrected chi connectivity index (χ3v) is 6.07. The van der Waals surface area contributed by atoms with Crippen LogP contribution in [-0.4, -0.2) is 18.7 Å². The molecule has 2 fully saturated rings. The van der Waals surface area contributed by atoms with Gasteiger partial charge in [-0.1, -0.05) is 6.07 Å². The van der Waals surface area contributed by atoms with Gasteiger partial charge in [-0.25, -0.2) is 8.78 Å². The van der Waals surface area contributed by atoms with E-state index in [2.05, 4.69) is 4.74 Å². The Morgan fingerprint density at radius 2 is 1.44 bits per heavy atom. The third kappa shape index (κ3) is 4.91. The van der Waals surface area contributed by atoms with Crippen LogP contribution in [0.1, 0.15) is 62.8 Å². The Labute approximate surface area is 155 Å². The van der Waals surface area contributed by atoms with Crippen molar-refractivity contribution in [3.63, 3.8) is 0 Å². The number of hydrogen-bond acceptors (Lipinski definition) is 1. The molecule has 0 aliphatic heterocycles. The molecular formula is C20H24F6O. The topological polar surface area (TPSA) is 9.23 Å². The van der Waals surface area contributed by atoms with Gasteiger partial charge in [0.2, 0.25) is 0 Å². The highest BCUT2D eigenvalue weighted by molar-refractivity contribution is 5.32. The van der Waals surface area contributed by atoms with E-state index in [1.165, 1.54) is 6.07 Å². The number of ether oxygens (including phenoxy) is 1. The van der Waals surface area contributed by atoms with E-state index in [1.807, 2.05) is 0 Å². The molecule has 0 spiro atoms. The summed E-state index contributed by atoms with van der Waals surface area (Å²) in [6.45, 7) is 0. The fourth-order valence-corrected chi connectivity index (χ4v) is 4.52. The van der Waals surface area contributed by atoms with E-state index in [-0.39, 0.29) is 5.92 Å². The predicted molar refractivity (Wildman–Crippen MR) is 89.5 cm³/mol. The SMILES string of the molecule is Fc1cc(C2CCC(C3CCC(F)CC3)CC2)ccc1OC(F)(F)C(F)F. The minimum atomic E-state index is -4.72. The van der Waals surface area contributed by atoms with Crippen molar-refractivity contribution in [1.29, 1.82) is 0 Å². The molecule has 27 heavy (non-hydrogen) atoms. The monoisotopic (exact) mass is 394 g/mol. The maximum absolute atomic E-state index is 14.1. The first-order chi connectivity index (χ1) is 12.8. The molecular weight excluding hydrogens is 370 g/mol. The van der Waals surface area contributed by atoms with Gasteiger partial charge in [0.1, 0.15) is 6.17 Å². The lowest BCUT2D eigenvalue weighted by atomic mass is 9.69. The van der Waals surface area contributed by atoms with Gasteiger partial charge in [0.25, 0.3) is 0 Å². The highest BCUT2D eigenvalue weighted by Crippen LogP contribution is 2.44. The molecule has 1 nitrogen and oxygen atoms in total. The summed E-state index contributed by atoms with van der Waals surface area (Å²) in [5, 5.41) is 0. The van der Waals surface area contributed by atoms with Gasteiger partial charge in [-0.3, -0.25) is 0 Å². The second-order valence-corrected chi connectivity index (χ2v) is 7.78. The van der Waals surface area contributed by atoms with Crippen LogP contribution in [0.2, 0.25) is 0 Å². The first kappa shape index (κ1) is 20.3. The highest BCUT2D eigenvalue weighted by atomic mass is 19.3. The maximum Gasteiger partial charge on any atom is 0.461 e. The third-order valence-electron chi connectivity index (χ3n) is 6.07. The molecule has 0 bridgehead atoms. The Morgan fingerprint density at radius 1 is 0.889 bits per heavy atom. The average molecular weight is 394 g/mol. The minimum Gasteiger partial charge on any atom is -0.425 e. The van der Waals surface area contributed by atoms with E-state index < -0.39 is 30.3 Å². The van der Waals surface area contributed by atoms with Crippen LogP contribution in [0.4, 0.5) is 26.3 Å². The summed E-state index contributed by atoms with van der Waals surface area (Å²) in [7, 11) is 0. The van der Waals surface area contributed by atoms with Crippen molar-refractivity contribution >= 4 is 0 Å². The molecule has 0 N–H and O–H groups in total. The van der Waals surface area contributed by atoms with Gasteiger partial charge >= 0.3 is 12.5 Å². The summed E-state index contributed by atoms with van der Waals surface area (Å²) in [4.78, 5) is 0. The van der Waals surface area contributed by atoms with Gasteiger partial charge in [0, 0.05) is 0 Å². The van der Waals surface area contributed by atoms with Crippen LogP contribution in [0.5, 0.6) is 5.75 Å². The Kier molecular flexibility index (Phi) is 6.26. The van der Waals surface area contributed by atoms with Crippen molar-refractivity contribution in [2.45, 2.75) is 76.0 Å². The molecule has 0 amide bonds. The molecule has 0 aromatic heterocycles. The van der Waals surface area contributed by atoms with E-state index in [9.17, 15) is 26.3 Å². The van der Waals surface area contributed by atoms with Gasteiger partial charge in [-0.2, -0.15) is 17.6 Å². The van der Waals surface area contributed by atoms with Crippen LogP contribution >= 0.6 is 0 Å². The van der Waals surface area contributed by atoms with Crippen LogP contribution in [0.15, 0.2) is 18.2 Å². The van der Waals surface area contributed by atoms with Crippen molar-refractivity contribution in [3.8, 4) is 5.75 Å². The van der Waals surface area contributed by atoms with E-state index in [1.54, 1.807) is 0 Å². The summed E-state index contributed by atoms with van der Waals surface area (Å²) in [6.07, 6.45) is -2.62. The van der Waals surface area contributed by atoms with Crippen LogP contribution in [-0.2, 0) is 0 Å². The molecule has 0 unspecified atom stereocenters. The Morgan fingerprint density at radius 3 is 1.96 bits per heavy atom. The number of alkyl halides is 5. The zero-order valence-corrected chi connectivity index (χ0v) is 15.0. The van der Waals surface area contributed by atoms with E-state index in [0.717, 1.165) is 50.7 Å². The highest BCUT2D eigenvalue weighted by Gasteiger charge is 2.44. The van der Waals surface area contributed by atoms with Gasteiger partial charge in [-0.15, -0.1) is 0 Å². The van der Waals surface area contributed by atoms with Gasteiger partial charge < -0.3 is 4.74 Å². The summed E-state index contributed by atoms with van der Waals surface area (Å²) in [5.74, 6) is -0.706. The molecule has 0 atom stereocenters. The second-order valence-electron chi connectivity index (χ2n) is 7.78. The van der Waals surface area contributed by atoms with Crippen molar-refractivity contribution in [1.82, 2.24) is 0 Å². The lowest BCUT2D eigenvalue weighted by Gasteiger charge is -2.36. The molecule has 2 aliphatic rings. The summed E-state index contributed by atoms with van der Waals surface area (Å²) < 4.78 is 81.5. The smallest absolute Gasteiger partial charge is 0.425 e. The average Bonchev–Trinajstić information content (AvgIpc) is 2.64. The molecule has 0 radical (unpaired) electrons. The maximum atomic E-state index is 14.1. The number of halogens is 6. The molecule has 7 heteroatoms. The number of benzene rings is 1. The van der Waals surface area contributed by atoms with Crippen LogP contribution in [0.3, 0.4) is 0 Å². The molecule has 0 heterocycles. The van der Waals surface area contributed by atoms with E-state index in [4.69, 9.17) is 0 Å². The molecule has 3 rings (SSSR count). The molecule has 1 aromatic rings. The molecule has 1 aromatic carbocycles. The van der Waals surface area contributed by atoms with Crippen molar-refractivity contribution in [3.05, 3.63) is 29.6 Å². The Balaban J connectivity index is 1.57. The first-order valence-corrected chi connectivity index (χ1v) is 9.54. The minimum absolute atomic E-state index is 0.109. The number of hydrogen-bond donors (Lipinski definition) is 0. The van der Waals surface area contributed by atoms with Crippen molar-refractivity contribution in [2.75, 3.05) is 0 Å². The lowest BCUT2D eigenvalue weighted by Crippen LogP contribution is -2.33. The summed E-state index contributed by atoms with van der Waals surface area (Å²) in [6, 6.07) is 3.57. The standard InChI is InChI=1S/C20H24F6O/c21-16-8-5-13(6-9-16)12-1-3-14(4-2-12)15-7-10-18(17(22)11-15)27-20(25,26)19(23)24/h7,10-14,16,19H,1-6,8-9H2. The lowest BCUT2D eigenvalue weighted by molar-refractivity contribution is -0.254. The van der Waals surface area contributed by atoms with Crippen LogP contribution < -0.4 is 4.74 Å². The first-order valence-electron chi connectivity index (χ1n) is 9.54. The van der Waals surface area contributed by atoms with Gasteiger partial charge in [0.05, 0.1) is 0 Å². The Bertz CT molecular complexity index is 619. The molecule has 2 aliphatic carbocycles. The fourth-order valence-electron chi connectivity index (χ4n) is 4.52. The molecule has 152 valence electrons. The van der Waals surface area contributed by atoms with Crippen molar-refractivity contribution < 1.29 is 31.1 Å². The van der Waals surface area contributed by atoms with E-state index >= 15 is 0 Å². The second kappa shape index (κ2) is 8.31. The van der Waals surface area contributed by atoms with Gasteiger partial charge in [-0.05, 0) is 86.8 Å². The van der Waals surface area contributed by atoms with E-state index in [0.29, 0.717) is 30.2 Å². The Hall–Kier alpha value is -1.40. The van der Waals surface area contributed by atoms with Gasteiger partial charge in [0.15, 0.2) is 11.6 Å². The largest absolute Gasteiger partial charge is 0.461 e. The van der Waals surface area contributed by atoms with Crippen LogP contribution in [0.25, 0.3) is 0 Å². The van der Waals surface area contributed by atoms with Crippen LogP contribution in [0, 0.1) is 17.7 Å². The van der Waals surface area contributed by atoms with Crippen molar-refractivity contribution in [2.24, 2.45) is 11.8 Å². The number of rotatable bonds is 5. The normalized spacial score (nSPS) is 29.7. The molecule has 0 saturated heterocycles. The predicted octanol–water partition coefficient (Wildman–Crippen LogP) is 6.86. The molecule has 2 saturated carbocycles. The quantitative estimate of drug-likeness (QED) is 0.496. The summed E-state index contributed by atoms with van der Waals surface area (Å²) in [5.41, 5.74) is 0.672. The zero-order chi connectivity index (χ0) is 19.6.